The number of nitrogens with zero attached hydrogens (tertiary/aromatic N) is 2. The van der Waals surface area contributed by atoms with Crippen LogP contribution < -0.4 is 5.73 Å². The smallest absolute Gasteiger partial charge is 0.147 e. The van der Waals surface area contributed by atoms with Gasteiger partial charge >= 0.3 is 0 Å². The fourth-order valence-electron chi connectivity index (χ4n) is 0.615. The van der Waals surface area contributed by atoms with Gasteiger partial charge in [-0.3, -0.25) is 4.98 Å². The van der Waals surface area contributed by atoms with Gasteiger partial charge in [0.25, 0.3) is 0 Å². The Morgan fingerprint density at radius 3 is 2.73 bits per heavy atom. The summed E-state index contributed by atoms with van der Waals surface area (Å²) in [5, 5.41) is 9.45. The number of aromatic nitrogens is 2. The largest absolute Gasteiger partial charge is 0.385 e. The number of hydrogen-bond donors (Lipinski definition) is 2. The lowest BCUT2D eigenvalue weighted by Crippen LogP contribution is -2.12. The first-order chi connectivity index (χ1) is 5.24. The fraction of sp³-hybridized carbons (Fsp3) is 0.333. The van der Waals surface area contributed by atoms with E-state index in [0.29, 0.717) is 10.8 Å². The van der Waals surface area contributed by atoms with Crippen LogP contribution in [0.4, 0.5) is 0 Å². The number of halogens is 1. The van der Waals surface area contributed by atoms with E-state index in [-0.39, 0.29) is 6.54 Å². The third-order valence-corrected chi connectivity index (χ3v) is 1.40. The molecular weight excluding hydrogens is 166 g/mol. The highest BCUT2D eigenvalue weighted by Crippen LogP contribution is 2.08. The van der Waals surface area contributed by atoms with Gasteiger partial charge in [0.15, 0.2) is 0 Å². The summed E-state index contributed by atoms with van der Waals surface area (Å²) in [6, 6.07) is 0. The van der Waals surface area contributed by atoms with Crippen LogP contribution in [0.5, 0.6) is 0 Å². The normalized spacial score (nSPS) is 13.0. The first kappa shape index (κ1) is 8.39. The molecule has 0 radical (unpaired) electrons. The number of aliphatic hydroxyl groups excluding tert-OH is 1. The van der Waals surface area contributed by atoms with Gasteiger partial charge < -0.3 is 10.8 Å². The standard InChI is InChI=1S/C6H8ClN3O/c7-6-3-9-4(2-10-6)5(11)1-8/h2-3,5,11H,1,8H2. The number of hydrogen-bond acceptors (Lipinski definition) is 4. The minimum atomic E-state index is -0.750. The van der Waals surface area contributed by atoms with Crippen molar-refractivity contribution in [1.82, 2.24) is 9.97 Å². The van der Waals surface area contributed by atoms with Crippen LogP contribution in [0.25, 0.3) is 0 Å². The summed E-state index contributed by atoms with van der Waals surface area (Å²) >= 11 is 5.47. The van der Waals surface area contributed by atoms with Crippen molar-refractivity contribution >= 4 is 11.6 Å². The van der Waals surface area contributed by atoms with E-state index in [1.165, 1.54) is 12.4 Å². The van der Waals surface area contributed by atoms with Crippen LogP contribution in [0.2, 0.25) is 5.15 Å². The molecule has 1 rings (SSSR count). The zero-order valence-corrected chi connectivity index (χ0v) is 6.49. The highest BCUT2D eigenvalue weighted by Gasteiger charge is 2.05. The van der Waals surface area contributed by atoms with Crippen molar-refractivity contribution in [2.45, 2.75) is 6.10 Å². The van der Waals surface area contributed by atoms with Crippen LogP contribution in [0.3, 0.4) is 0 Å². The van der Waals surface area contributed by atoms with Crippen molar-refractivity contribution in [2.75, 3.05) is 6.54 Å². The van der Waals surface area contributed by atoms with E-state index in [9.17, 15) is 0 Å². The second-order valence-electron chi connectivity index (χ2n) is 2.02. The average Bonchev–Trinajstić information content (AvgIpc) is 2.05. The maximum Gasteiger partial charge on any atom is 0.147 e. The van der Waals surface area contributed by atoms with E-state index in [0.717, 1.165) is 0 Å². The van der Waals surface area contributed by atoms with Crippen molar-refractivity contribution in [3.8, 4) is 0 Å². The van der Waals surface area contributed by atoms with Gasteiger partial charge in [0.05, 0.1) is 18.1 Å². The molecule has 4 nitrogen and oxygen atoms in total. The minimum Gasteiger partial charge on any atom is -0.385 e. The highest BCUT2D eigenvalue weighted by atomic mass is 35.5. The molecule has 0 aliphatic rings. The molecule has 0 bridgehead atoms. The Morgan fingerprint density at radius 2 is 2.27 bits per heavy atom. The Hall–Kier alpha value is -0.710. The van der Waals surface area contributed by atoms with E-state index < -0.39 is 6.10 Å². The molecule has 0 aliphatic heterocycles. The monoisotopic (exact) mass is 173 g/mol. The molecular formula is C6H8ClN3O. The molecule has 0 aliphatic carbocycles. The molecule has 60 valence electrons. The van der Waals surface area contributed by atoms with Gasteiger partial charge in [0, 0.05) is 6.54 Å². The van der Waals surface area contributed by atoms with Crippen LogP contribution in [0.15, 0.2) is 12.4 Å². The third kappa shape index (κ3) is 2.11. The molecule has 0 saturated carbocycles. The van der Waals surface area contributed by atoms with E-state index in [1.54, 1.807) is 0 Å². The first-order valence-corrected chi connectivity index (χ1v) is 3.47. The SMILES string of the molecule is NCC(O)c1cnc(Cl)cn1. The molecule has 11 heavy (non-hydrogen) atoms. The summed E-state index contributed by atoms with van der Waals surface area (Å²) in [5.74, 6) is 0. The van der Waals surface area contributed by atoms with Gasteiger partial charge in [-0.1, -0.05) is 11.6 Å². The van der Waals surface area contributed by atoms with E-state index in [1.807, 2.05) is 0 Å². The van der Waals surface area contributed by atoms with Crippen LogP contribution >= 0.6 is 11.6 Å². The number of nitrogens with two attached hydrogens (primary N) is 1. The average molecular weight is 174 g/mol. The van der Waals surface area contributed by atoms with Crippen molar-refractivity contribution in [3.05, 3.63) is 23.2 Å². The summed E-state index contributed by atoms with van der Waals surface area (Å²) < 4.78 is 0. The summed E-state index contributed by atoms with van der Waals surface area (Å²) in [6.07, 6.45) is 2.02. The van der Waals surface area contributed by atoms with Gasteiger partial charge in [-0.2, -0.15) is 0 Å². The lowest BCUT2D eigenvalue weighted by Gasteiger charge is -2.04. The van der Waals surface area contributed by atoms with Crippen molar-refractivity contribution in [2.24, 2.45) is 5.73 Å². The van der Waals surface area contributed by atoms with Gasteiger partial charge in [-0.25, -0.2) is 4.98 Å². The van der Waals surface area contributed by atoms with Gasteiger partial charge in [-0.15, -0.1) is 0 Å². The zero-order chi connectivity index (χ0) is 8.27. The molecule has 1 aromatic heterocycles. The minimum absolute atomic E-state index is 0.135. The molecule has 0 amide bonds. The third-order valence-electron chi connectivity index (χ3n) is 1.20. The predicted molar refractivity (Wildman–Crippen MR) is 41.1 cm³/mol. The van der Waals surface area contributed by atoms with Gasteiger partial charge in [-0.05, 0) is 0 Å². The topological polar surface area (TPSA) is 72.0 Å². The Morgan fingerprint density at radius 1 is 1.55 bits per heavy atom. The summed E-state index contributed by atoms with van der Waals surface area (Å²) in [4.78, 5) is 7.56. The molecule has 1 unspecified atom stereocenters. The van der Waals surface area contributed by atoms with E-state index in [4.69, 9.17) is 22.4 Å². The second kappa shape index (κ2) is 3.61. The summed E-state index contributed by atoms with van der Waals surface area (Å²) in [7, 11) is 0. The van der Waals surface area contributed by atoms with Gasteiger partial charge in [0.2, 0.25) is 0 Å². The lowest BCUT2D eigenvalue weighted by atomic mass is 10.3. The number of aliphatic hydroxyl groups is 1. The Balaban J connectivity index is 2.81. The molecule has 0 spiro atoms. The predicted octanol–water partition coefficient (Wildman–Crippen LogP) is 0.122. The fourth-order valence-corrected chi connectivity index (χ4v) is 0.713. The van der Waals surface area contributed by atoms with Crippen LogP contribution in [0.1, 0.15) is 11.8 Å². The maximum absolute atomic E-state index is 9.15. The first-order valence-electron chi connectivity index (χ1n) is 3.09. The van der Waals surface area contributed by atoms with E-state index in [2.05, 4.69) is 9.97 Å². The Bertz CT molecular complexity index is 226. The number of rotatable bonds is 2. The van der Waals surface area contributed by atoms with Gasteiger partial charge in [0.1, 0.15) is 11.3 Å². The summed E-state index contributed by atoms with van der Waals surface area (Å²) in [6.45, 7) is 0.135. The molecule has 0 fully saturated rings. The molecule has 5 heteroatoms. The van der Waals surface area contributed by atoms with Crippen molar-refractivity contribution < 1.29 is 5.11 Å². The van der Waals surface area contributed by atoms with E-state index >= 15 is 0 Å². The molecule has 1 atom stereocenters. The molecule has 0 aromatic carbocycles. The summed E-state index contributed by atoms with van der Waals surface area (Å²) in [5.41, 5.74) is 5.63. The lowest BCUT2D eigenvalue weighted by molar-refractivity contribution is 0.181. The molecule has 1 aromatic rings. The highest BCUT2D eigenvalue weighted by molar-refractivity contribution is 6.29. The second-order valence-corrected chi connectivity index (χ2v) is 2.40. The van der Waals surface area contributed by atoms with Crippen LogP contribution in [0, 0.1) is 0 Å². The maximum atomic E-state index is 9.15. The Labute approximate surface area is 69.0 Å². The quantitative estimate of drug-likeness (QED) is 0.667. The van der Waals surface area contributed by atoms with Crippen LogP contribution in [-0.2, 0) is 0 Å². The van der Waals surface area contributed by atoms with Crippen molar-refractivity contribution in [1.29, 1.82) is 0 Å². The van der Waals surface area contributed by atoms with Crippen LogP contribution in [-0.4, -0.2) is 21.6 Å². The molecule has 1 heterocycles. The molecule has 0 saturated heterocycles. The Kier molecular flexibility index (Phi) is 2.76. The molecule has 3 N–H and O–H groups in total. The van der Waals surface area contributed by atoms with Crippen molar-refractivity contribution in [3.63, 3.8) is 0 Å². The zero-order valence-electron chi connectivity index (χ0n) is 5.74.